The molecule has 142 valence electrons. The maximum Gasteiger partial charge on any atom is 0.250 e. The summed E-state index contributed by atoms with van der Waals surface area (Å²) in [5, 5.41) is 6.56. The van der Waals surface area contributed by atoms with E-state index in [0.717, 1.165) is 0 Å². The van der Waals surface area contributed by atoms with Crippen molar-refractivity contribution in [3.63, 3.8) is 0 Å². The Hall–Kier alpha value is -3.26. The Labute approximate surface area is 164 Å². The molecule has 0 atom stereocenters. The highest BCUT2D eigenvalue weighted by atomic mass is 32.1. The highest BCUT2D eigenvalue weighted by Crippen LogP contribution is 2.32. The van der Waals surface area contributed by atoms with Crippen LogP contribution in [0.1, 0.15) is 27.4 Å². The van der Waals surface area contributed by atoms with Gasteiger partial charge in [-0.3, -0.25) is 4.79 Å². The molecule has 0 aliphatic rings. The Morgan fingerprint density at radius 1 is 1.25 bits per heavy atom. The monoisotopic (exact) mass is 396 g/mol. The van der Waals surface area contributed by atoms with Crippen LogP contribution in [-0.4, -0.2) is 20.6 Å². The third-order valence-electron chi connectivity index (χ3n) is 4.53. The van der Waals surface area contributed by atoms with Crippen LogP contribution in [0.2, 0.25) is 0 Å². The summed E-state index contributed by atoms with van der Waals surface area (Å²) >= 11 is 1.42. The van der Waals surface area contributed by atoms with Gasteiger partial charge in [0.1, 0.15) is 22.3 Å². The quantitative estimate of drug-likeness (QED) is 0.548. The number of carbonyl (C=O) groups excluding carboxylic acids is 1. The van der Waals surface area contributed by atoms with Crippen molar-refractivity contribution in [3.05, 3.63) is 70.2 Å². The van der Waals surface area contributed by atoms with Crippen molar-refractivity contribution in [1.82, 2.24) is 14.7 Å². The number of aryl methyl sites for hydroxylation is 1. The van der Waals surface area contributed by atoms with Crippen LogP contribution < -0.4 is 5.73 Å². The number of carbonyl (C=O) groups is 1. The molecule has 28 heavy (non-hydrogen) atoms. The summed E-state index contributed by atoms with van der Waals surface area (Å²) in [4.78, 5) is 16.5. The van der Waals surface area contributed by atoms with Gasteiger partial charge in [0, 0.05) is 22.7 Å². The number of nitrogens with two attached hydrogens (primary N) is 1. The molecule has 8 heteroatoms. The molecule has 1 aromatic carbocycles. The van der Waals surface area contributed by atoms with Gasteiger partial charge in [-0.15, -0.1) is 11.3 Å². The highest BCUT2D eigenvalue weighted by molar-refractivity contribution is 7.13. The van der Waals surface area contributed by atoms with E-state index in [4.69, 9.17) is 10.3 Å². The zero-order valence-corrected chi connectivity index (χ0v) is 16.1. The lowest BCUT2D eigenvalue weighted by molar-refractivity contribution is 0.0999. The van der Waals surface area contributed by atoms with Crippen molar-refractivity contribution in [3.8, 4) is 22.1 Å². The number of benzene rings is 1. The van der Waals surface area contributed by atoms with Crippen LogP contribution in [0.4, 0.5) is 4.39 Å². The average Bonchev–Trinajstić information content (AvgIpc) is 3.37. The van der Waals surface area contributed by atoms with E-state index in [-0.39, 0.29) is 12.4 Å². The summed E-state index contributed by atoms with van der Waals surface area (Å²) in [6.45, 7) is 3.86. The van der Waals surface area contributed by atoms with E-state index in [0.29, 0.717) is 44.7 Å². The van der Waals surface area contributed by atoms with Crippen molar-refractivity contribution >= 4 is 17.2 Å². The molecule has 0 radical (unpaired) electrons. The molecule has 0 aliphatic carbocycles. The van der Waals surface area contributed by atoms with E-state index >= 15 is 0 Å². The third-order valence-corrected chi connectivity index (χ3v) is 5.40. The second kappa shape index (κ2) is 7.05. The van der Waals surface area contributed by atoms with E-state index in [2.05, 4.69) is 10.1 Å². The Balaban J connectivity index is 1.80. The van der Waals surface area contributed by atoms with Gasteiger partial charge in [0.15, 0.2) is 0 Å². The number of amides is 1. The van der Waals surface area contributed by atoms with Gasteiger partial charge in [0.2, 0.25) is 0 Å². The van der Waals surface area contributed by atoms with Gasteiger partial charge >= 0.3 is 0 Å². The topological polar surface area (TPSA) is 86.9 Å². The Kier molecular flexibility index (Phi) is 4.56. The Morgan fingerprint density at radius 3 is 2.71 bits per heavy atom. The first kappa shape index (κ1) is 18.1. The SMILES string of the molecule is Cc1cc(-c2nc(-c3cc(C(N)=O)c(C)n3Cc3ccccc3F)cs2)no1. The molecule has 1 amide bonds. The number of rotatable bonds is 5. The molecule has 4 rings (SSSR count). The molecule has 0 fully saturated rings. The molecule has 0 spiro atoms. The van der Waals surface area contributed by atoms with Gasteiger partial charge in [0.05, 0.1) is 23.5 Å². The molecule has 0 bridgehead atoms. The molecule has 0 aliphatic heterocycles. The maximum atomic E-state index is 14.2. The molecule has 3 aromatic heterocycles. The summed E-state index contributed by atoms with van der Waals surface area (Å²) in [6, 6.07) is 10.1. The highest BCUT2D eigenvalue weighted by Gasteiger charge is 2.20. The van der Waals surface area contributed by atoms with Gasteiger partial charge in [-0.25, -0.2) is 9.37 Å². The summed E-state index contributed by atoms with van der Waals surface area (Å²) < 4.78 is 21.2. The zero-order valence-electron chi connectivity index (χ0n) is 15.3. The van der Waals surface area contributed by atoms with Crippen molar-refractivity contribution in [2.45, 2.75) is 20.4 Å². The van der Waals surface area contributed by atoms with Crippen molar-refractivity contribution < 1.29 is 13.7 Å². The second-order valence-corrected chi connectivity index (χ2v) is 7.29. The molecule has 0 saturated carbocycles. The van der Waals surface area contributed by atoms with Crippen LogP contribution in [0.3, 0.4) is 0 Å². The van der Waals surface area contributed by atoms with Gasteiger partial charge in [0.25, 0.3) is 5.91 Å². The number of primary amides is 1. The predicted octanol–water partition coefficient (Wildman–Crippen LogP) is 4.17. The van der Waals surface area contributed by atoms with E-state index in [9.17, 15) is 9.18 Å². The van der Waals surface area contributed by atoms with Crippen LogP contribution in [0, 0.1) is 19.7 Å². The van der Waals surface area contributed by atoms with Gasteiger partial charge in [-0.2, -0.15) is 0 Å². The fourth-order valence-corrected chi connectivity index (χ4v) is 3.85. The van der Waals surface area contributed by atoms with Crippen LogP contribution in [0.15, 0.2) is 46.3 Å². The lowest BCUT2D eigenvalue weighted by Gasteiger charge is -2.11. The summed E-state index contributed by atoms with van der Waals surface area (Å²) in [7, 11) is 0. The summed E-state index contributed by atoms with van der Waals surface area (Å²) in [6.07, 6.45) is 0. The van der Waals surface area contributed by atoms with Crippen molar-refractivity contribution in [1.29, 1.82) is 0 Å². The van der Waals surface area contributed by atoms with Gasteiger partial charge in [-0.05, 0) is 26.0 Å². The predicted molar refractivity (Wildman–Crippen MR) is 105 cm³/mol. The van der Waals surface area contributed by atoms with E-state index in [1.807, 2.05) is 16.9 Å². The van der Waals surface area contributed by atoms with Crippen LogP contribution >= 0.6 is 11.3 Å². The molecule has 0 unspecified atom stereocenters. The molecule has 6 nitrogen and oxygen atoms in total. The smallest absolute Gasteiger partial charge is 0.250 e. The Morgan fingerprint density at radius 2 is 2.04 bits per heavy atom. The van der Waals surface area contributed by atoms with E-state index < -0.39 is 5.91 Å². The standard InChI is InChI=1S/C20H17FN4O2S/c1-11-7-16(24-27-11)20-23-17(10-28-20)18-8-14(19(22)26)12(2)25(18)9-13-5-3-4-6-15(13)21/h3-8,10H,9H2,1-2H3,(H2,22,26). The minimum Gasteiger partial charge on any atom is -0.366 e. The average molecular weight is 396 g/mol. The minimum atomic E-state index is -0.534. The zero-order chi connectivity index (χ0) is 19.8. The van der Waals surface area contributed by atoms with Crippen molar-refractivity contribution in [2.75, 3.05) is 0 Å². The normalized spacial score (nSPS) is 11.1. The summed E-state index contributed by atoms with van der Waals surface area (Å²) in [5.74, 6) is -0.144. The molecule has 4 aromatic rings. The van der Waals surface area contributed by atoms with Gasteiger partial charge in [-0.1, -0.05) is 23.4 Å². The number of halogens is 1. The van der Waals surface area contributed by atoms with Crippen LogP contribution in [-0.2, 0) is 6.54 Å². The molecular weight excluding hydrogens is 379 g/mol. The lowest BCUT2D eigenvalue weighted by atomic mass is 10.2. The first-order valence-corrected chi connectivity index (χ1v) is 9.45. The number of hydrogen-bond donors (Lipinski definition) is 1. The number of aromatic nitrogens is 3. The Bertz CT molecular complexity index is 1170. The van der Waals surface area contributed by atoms with E-state index in [1.54, 1.807) is 37.3 Å². The number of thiazole rings is 1. The first-order valence-electron chi connectivity index (χ1n) is 8.57. The maximum absolute atomic E-state index is 14.2. The summed E-state index contributed by atoms with van der Waals surface area (Å²) in [5.41, 5.74) is 9.09. The molecule has 0 saturated heterocycles. The van der Waals surface area contributed by atoms with E-state index in [1.165, 1.54) is 17.4 Å². The fourth-order valence-electron chi connectivity index (χ4n) is 3.08. The number of hydrogen-bond acceptors (Lipinski definition) is 5. The molecule has 2 N–H and O–H groups in total. The fraction of sp³-hybridized carbons (Fsp3) is 0.150. The minimum absolute atomic E-state index is 0.261. The first-order chi connectivity index (χ1) is 13.4. The third kappa shape index (κ3) is 3.22. The van der Waals surface area contributed by atoms with Crippen LogP contribution in [0.25, 0.3) is 22.1 Å². The largest absolute Gasteiger partial charge is 0.366 e. The van der Waals surface area contributed by atoms with Gasteiger partial charge < -0.3 is 14.8 Å². The molecule has 3 heterocycles. The van der Waals surface area contributed by atoms with Crippen LogP contribution in [0.5, 0.6) is 0 Å². The molecular formula is C20H17FN4O2S. The lowest BCUT2D eigenvalue weighted by Crippen LogP contribution is -2.13. The second-order valence-electron chi connectivity index (χ2n) is 6.43. The van der Waals surface area contributed by atoms with Crippen molar-refractivity contribution in [2.24, 2.45) is 5.73 Å². The number of nitrogens with zero attached hydrogens (tertiary/aromatic N) is 3.